The molecule has 4 aromatic rings. The Hall–Kier alpha value is -8.84. The van der Waals surface area contributed by atoms with Crippen molar-refractivity contribution in [2.75, 3.05) is 11.9 Å². The molecule has 1 amide bonds. The van der Waals surface area contributed by atoms with Gasteiger partial charge < -0.3 is 110 Å². The minimum absolute atomic E-state index is 0.0386. The summed E-state index contributed by atoms with van der Waals surface area (Å²) in [5.41, 5.74) is -4.53. The van der Waals surface area contributed by atoms with Crippen LogP contribution in [0.5, 0.6) is 40.2 Å². The van der Waals surface area contributed by atoms with Gasteiger partial charge in [-0.3, -0.25) is 4.79 Å². The van der Waals surface area contributed by atoms with Gasteiger partial charge in [-0.2, -0.15) is 0 Å². The van der Waals surface area contributed by atoms with E-state index in [2.05, 4.69) is 12.2 Å². The van der Waals surface area contributed by atoms with Crippen LogP contribution in [0, 0.1) is 0 Å². The standard InChI is InChI=1S/C33H43NO9.C19H22O9.C16H18O9/c1-4-5-6-7-8-9-18-40-24-14-12-23(13-15-24)34-31(38)33(39)20-27(30-28(21-33)42-32(2,3)43-30)41-29(37)17-11-22-10-16-25(35)26(36)19-22;1-18(2)27-14-9-19(25,17(23)24)8-13(16(14)28-18)26-15(22)6-4-10-3-5-11(20)12(21)7-10;17-9-3-1-8(5-10(9)18)2-4-13(20)25-12-7-16(24,15(22)23)6-11(19)14(12)21/h10-17,19,27-28,30,35-36,39H,4-9,18,20-21H2,1-3H3,(H,34,38);3-7,13-14,16,20-21,25H,8-9H2,1-2H3,(H,23,24);1-5,11-12,14,17-19,21,24H,6-7H2,(H,22,23)/b17-11+;6-4+;4-2+. The monoisotopic (exact) mass is 1350 g/mol. The fraction of sp³-hybridized carbons (Fsp3) is 0.471. The maximum absolute atomic E-state index is 13.4. The molecule has 2 aliphatic heterocycles. The second-order valence-corrected chi connectivity index (χ2v) is 25.0. The van der Waals surface area contributed by atoms with E-state index in [4.69, 9.17) is 43.0 Å². The van der Waals surface area contributed by atoms with E-state index in [1.54, 1.807) is 52.0 Å². The smallest absolute Gasteiger partial charge is 0.335 e. The second-order valence-electron chi connectivity index (χ2n) is 25.0. The van der Waals surface area contributed by atoms with Crippen LogP contribution in [-0.2, 0) is 61.9 Å². The molecule has 96 heavy (non-hydrogen) atoms. The van der Waals surface area contributed by atoms with Gasteiger partial charge in [0.05, 0.1) is 24.9 Å². The van der Waals surface area contributed by atoms with Crippen LogP contribution in [0.25, 0.3) is 18.2 Å². The Bertz CT molecular complexity index is 3490. The molecule has 0 bridgehead atoms. The fourth-order valence-electron chi connectivity index (χ4n) is 11.5. The lowest BCUT2D eigenvalue weighted by Crippen LogP contribution is -2.57. The van der Waals surface area contributed by atoms with Gasteiger partial charge in [-0.25, -0.2) is 24.0 Å². The highest BCUT2D eigenvalue weighted by atomic mass is 16.8. The number of nitrogens with one attached hydrogen (secondary N) is 1. The average Bonchev–Trinajstić information content (AvgIpc) is 1.58. The SMILES string of the molecule is CC1(C)OC2CC(O)(C(=O)O)CC(OC(=O)/C=C/c3ccc(O)c(O)c3)C2O1.CCCCCCCCOc1ccc(NC(=O)C2(O)CC(OC(=O)/C=C/c3ccc(O)c(O)c3)C3OC(C)(C)OC3C2)cc1.O=C(/C=C/c1ccc(O)c(O)c1)OC1CC(O)(C(=O)O)CC(O)C1O. The van der Waals surface area contributed by atoms with Gasteiger partial charge in [-0.1, -0.05) is 57.2 Å². The first-order valence-corrected chi connectivity index (χ1v) is 31.1. The predicted molar refractivity (Wildman–Crippen MR) is 337 cm³/mol. The summed E-state index contributed by atoms with van der Waals surface area (Å²) in [6.45, 7) is 9.57. The van der Waals surface area contributed by atoms with Crippen molar-refractivity contribution in [2.24, 2.45) is 0 Å². The Morgan fingerprint density at radius 3 is 1.30 bits per heavy atom. The third-order valence-electron chi connectivity index (χ3n) is 16.3. The largest absolute Gasteiger partial charge is 0.504 e. The summed E-state index contributed by atoms with van der Waals surface area (Å²) in [5, 5.41) is 129. The van der Waals surface area contributed by atoms with Crippen LogP contribution in [0.1, 0.15) is 128 Å². The number of benzene rings is 4. The van der Waals surface area contributed by atoms with Crippen LogP contribution in [0.15, 0.2) is 97.1 Å². The normalized spacial score (nSPS) is 27.8. The minimum Gasteiger partial charge on any atom is -0.504 e. The molecule has 28 nitrogen and oxygen atoms in total. The van der Waals surface area contributed by atoms with Gasteiger partial charge >= 0.3 is 29.8 Å². The molecule has 0 radical (unpaired) electrons. The number of aliphatic hydroxyl groups is 5. The molecular formula is C68H83NO27. The number of phenols is 6. The van der Waals surface area contributed by atoms with Crippen molar-refractivity contribution in [1.82, 2.24) is 0 Å². The molecule has 522 valence electrons. The van der Waals surface area contributed by atoms with Crippen LogP contribution in [0.4, 0.5) is 5.69 Å². The predicted octanol–water partition coefficient (Wildman–Crippen LogP) is 5.95. The number of hydrogen-bond acceptors (Lipinski definition) is 25. The zero-order chi connectivity index (χ0) is 70.5. The van der Waals surface area contributed by atoms with E-state index in [0.29, 0.717) is 34.7 Å². The second kappa shape index (κ2) is 31.8. The number of aliphatic hydroxyl groups excluding tert-OH is 2. The third-order valence-corrected chi connectivity index (χ3v) is 16.3. The highest BCUT2D eigenvalue weighted by Gasteiger charge is 2.59. The van der Waals surface area contributed by atoms with Gasteiger partial charge in [0.2, 0.25) is 0 Å². The van der Waals surface area contributed by atoms with Gasteiger partial charge in [-0.05, 0) is 130 Å². The number of carbonyl (C=O) groups excluding carboxylic acids is 4. The average molecular weight is 1350 g/mol. The number of hydrogen-bond donors (Lipinski definition) is 14. The maximum Gasteiger partial charge on any atom is 0.335 e. The molecule has 9 rings (SSSR count). The number of ether oxygens (including phenoxy) is 8. The molecule has 5 aliphatic rings. The summed E-state index contributed by atoms with van der Waals surface area (Å²) in [6.07, 6.45) is 3.13. The molecule has 3 saturated carbocycles. The summed E-state index contributed by atoms with van der Waals surface area (Å²) in [4.78, 5) is 72.7. The lowest BCUT2D eigenvalue weighted by Gasteiger charge is -2.40. The summed E-state index contributed by atoms with van der Waals surface area (Å²) in [5.74, 6) is -9.33. The van der Waals surface area contributed by atoms with E-state index in [-0.39, 0.29) is 60.2 Å². The molecule has 12 unspecified atom stereocenters. The van der Waals surface area contributed by atoms with Crippen molar-refractivity contribution in [1.29, 1.82) is 0 Å². The molecule has 4 aromatic carbocycles. The van der Waals surface area contributed by atoms with Gasteiger partial charge in [0, 0.05) is 62.4 Å². The number of phenolic OH excluding ortho intramolecular Hbond substituents is 6. The topological polar surface area (TPSA) is 451 Å². The number of fused-ring (bicyclic) bond motifs is 2. The number of carboxylic acids is 2. The van der Waals surface area contributed by atoms with Crippen molar-refractivity contribution in [3.05, 3.63) is 114 Å². The first-order chi connectivity index (χ1) is 45.1. The first-order valence-electron chi connectivity index (χ1n) is 31.1. The number of carbonyl (C=O) groups is 6. The van der Waals surface area contributed by atoms with E-state index in [0.717, 1.165) is 31.1 Å². The van der Waals surface area contributed by atoms with E-state index in [1.807, 2.05) is 0 Å². The lowest BCUT2D eigenvalue weighted by molar-refractivity contribution is -0.196. The number of anilines is 1. The molecular weight excluding hydrogens is 1260 g/mol. The number of esters is 3. The molecule has 3 aliphatic carbocycles. The zero-order valence-electron chi connectivity index (χ0n) is 53.4. The number of amides is 1. The highest BCUT2D eigenvalue weighted by Crippen LogP contribution is 2.45. The Morgan fingerprint density at radius 2 is 0.875 bits per heavy atom. The van der Waals surface area contributed by atoms with Crippen molar-refractivity contribution in [2.45, 2.75) is 195 Å². The number of carboxylic acid groups (broad SMARTS) is 2. The fourth-order valence-corrected chi connectivity index (χ4v) is 11.5. The quantitative estimate of drug-likeness (QED) is 0.0151. The van der Waals surface area contributed by atoms with Crippen LogP contribution in [0.3, 0.4) is 0 Å². The number of unbranched alkanes of at least 4 members (excludes halogenated alkanes) is 5. The van der Waals surface area contributed by atoms with E-state index in [1.165, 1.54) is 98.5 Å². The Labute approximate surface area is 551 Å². The summed E-state index contributed by atoms with van der Waals surface area (Å²) < 4.78 is 45.1. The molecule has 12 atom stereocenters. The van der Waals surface area contributed by atoms with Crippen molar-refractivity contribution in [3.8, 4) is 40.2 Å². The number of rotatable bonds is 21. The van der Waals surface area contributed by atoms with Crippen molar-refractivity contribution in [3.63, 3.8) is 0 Å². The van der Waals surface area contributed by atoms with Crippen LogP contribution in [-0.4, -0.2) is 192 Å². The minimum atomic E-state index is -2.31. The van der Waals surface area contributed by atoms with Crippen LogP contribution < -0.4 is 10.1 Å². The maximum atomic E-state index is 13.4. The molecule has 14 N–H and O–H groups in total. The van der Waals surface area contributed by atoms with Crippen molar-refractivity contribution >= 4 is 59.7 Å². The molecule has 0 spiro atoms. The van der Waals surface area contributed by atoms with E-state index >= 15 is 0 Å². The van der Waals surface area contributed by atoms with E-state index in [9.17, 15) is 90.0 Å². The molecule has 5 fully saturated rings. The van der Waals surface area contributed by atoms with Gasteiger partial charge in [0.25, 0.3) is 5.91 Å². The van der Waals surface area contributed by atoms with Gasteiger partial charge in [-0.15, -0.1) is 0 Å². The van der Waals surface area contributed by atoms with E-state index < -0.39 is 132 Å². The number of aliphatic carboxylic acids is 2. The Kier molecular flexibility index (Phi) is 24.7. The Balaban J connectivity index is 0.000000214. The van der Waals surface area contributed by atoms with Gasteiger partial charge in [0.1, 0.15) is 48.0 Å². The summed E-state index contributed by atoms with van der Waals surface area (Å²) >= 11 is 0. The summed E-state index contributed by atoms with van der Waals surface area (Å²) in [6, 6.07) is 18.9. The zero-order valence-corrected chi connectivity index (χ0v) is 53.4. The van der Waals surface area contributed by atoms with Crippen LogP contribution in [0.2, 0.25) is 0 Å². The highest BCUT2D eigenvalue weighted by molar-refractivity contribution is 5.97. The molecule has 0 aromatic heterocycles. The summed E-state index contributed by atoms with van der Waals surface area (Å²) in [7, 11) is 0. The van der Waals surface area contributed by atoms with Crippen LogP contribution >= 0.6 is 0 Å². The molecule has 2 heterocycles. The van der Waals surface area contributed by atoms with Gasteiger partial charge in [0.15, 0.2) is 57.3 Å². The molecule has 28 heteroatoms. The van der Waals surface area contributed by atoms with Crippen molar-refractivity contribution < 1.29 is 133 Å². The number of aromatic hydroxyl groups is 6. The Morgan fingerprint density at radius 1 is 0.490 bits per heavy atom. The lowest BCUT2D eigenvalue weighted by atomic mass is 9.79. The first kappa shape index (κ1) is 74.6. The molecule has 2 saturated heterocycles. The third kappa shape index (κ3) is 20.4.